The van der Waals surface area contributed by atoms with E-state index in [9.17, 15) is 4.79 Å². The van der Waals surface area contributed by atoms with Crippen LogP contribution in [-0.4, -0.2) is 49.1 Å². The van der Waals surface area contributed by atoms with Crippen molar-refractivity contribution >= 4 is 44.2 Å². The first-order valence-electron chi connectivity index (χ1n) is 8.80. The Kier molecular flexibility index (Phi) is 4.93. The van der Waals surface area contributed by atoms with Crippen LogP contribution in [0.15, 0.2) is 36.4 Å². The first kappa shape index (κ1) is 18.1. The molecule has 0 atom stereocenters. The first-order chi connectivity index (χ1) is 13.0. The fraction of sp³-hybridized carbons (Fsp3) is 0.300. The van der Waals surface area contributed by atoms with Crippen LogP contribution >= 0.6 is 22.9 Å². The third-order valence-corrected chi connectivity index (χ3v) is 6.08. The van der Waals surface area contributed by atoms with Gasteiger partial charge in [-0.05, 0) is 42.8 Å². The van der Waals surface area contributed by atoms with Crippen molar-refractivity contribution in [1.29, 1.82) is 0 Å². The Balaban J connectivity index is 1.48. The number of nitrogens with zero attached hydrogens (tertiary/aromatic N) is 3. The van der Waals surface area contributed by atoms with E-state index in [2.05, 4.69) is 30.0 Å². The average molecular weight is 402 g/mol. The number of rotatable bonds is 3. The summed E-state index contributed by atoms with van der Waals surface area (Å²) in [6, 6.07) is 11.4. The molecule has 1 aromatic heterocycles. The molecule has 0 unspecified atom stereocenters. The second-order valence-electron chi connectivity index (χ2n) is 6.59. The van der Waals surface area contributed by atoms with Gasteiger partial charge >= 0.3 is 0 Å². The summed E-state index contributed by atoms with van der Waals surface area (Å²) in [6.45, 7) is 4.89. The van der Waals surface area contributed by atoms with Crippen LogP contribution in [0.4, 0.5) is 5.13 Å². The fourth-order valence-corrected chi connectivity index (χ4v) is 4.56. The topological polar surface area (TPSA) is 45.7 Å². The quantitative estimate of drug-likeness (QED) is 0.658. The molecule has 0 saturated carbocycles. The molecule has 0 radical (unpaired) electrons. The molecular formula is C20H20ClN3O2S. The van der Waals surface area contributed by atoms with Crippen molar-refractivity contribution in [1.82, 2.24) is 9.88 Å². The smallest absolute Gasteiger partial charge is 0.257 e. The highest BCUT2D eigenvalue weighted by Gasteiger charge is 2.26. The number of methoxy groups -OCH3 is 1. The average Bonchev–Trinajstić information content (AvgIpc) is 3.10. The number of hydrogen-bond donors (Lipinski definition) is 0. The van der Waals surface area contributed by atoms with E-state index in [-0.39, 0.29) is 5.91 Å². The Morgan fingerprint density at radius 3 is 2.67 bits per heavy atom. The molecule has 2 heterocycles. The summed E-state index contributed by atoms with van der Waals surface area (Å²) >= 11 is 7.77. The van der Waals surface area contributed by atoms with Crippen LogP contribution in [0.25, 0.3) is 10.2 Å². The van der Waals surface area contributed by atoms with Gasteiger partial charge in [-0.2, -0.15) is 0 Å². The van der Waals surface area contributed by atoms with Crippen LogP contribution in [0, 0.1) is 6.92 Å². The lowest BCUT2D eigenvalue weighted by Crippen LogP contribution is -2.48. The Morgan fingerprint density at radius 1 is 1.15 bits per heavy atom. The molecule has 27 heavy (non-hydrogen) atoms. The maximum Gasteiger partial charge on any atom is 0.257 e. The van der Waals surface area contributed by atoms with E-state index >= 15 is 0 Å². The van der Waals surface area contributed by atoms with E-state index in [0.717, 1.165) is 23.7 Å². The Bertz CT molecular complexity index is 996. The number of piperazine rings is 1. The monoisotopic (exact) mass is 401 g/mol. The van der Waals surface area contributed by atoms with Crippen LogP contribution in [0.2, 0.25) is 5.02 Å². The molecule has 4 rings (SSSR count). The maximum atomic E-state index is 12.9. The molecule has 0 N–H and O–H groups in total. The summed E-state index contributed by atoms with van der Waals surface area (Å²) in [7, 11) is 1.56. The minimum absolute atomic E-state index is 0.0473. The number of carbonyl (C=O) groups excluding carboxylic acids is 1. The van der Waals surface area contributed by atoms with Crippen LogP contribution in [0.3, 0.4) is 0 Å². The molecule has 140 valence electrons. The predicted octanol–water partition coefficient (Wildman–Crippen LogP) is 4.23. The summed E-state index contributed by atoms with van der Waals surface area (Å²) < 4.78 is 6.52. The van der Waals surface area contributed by atoms with E-state index in [4.69, 9.17) is 21.3 Å². The molecule has 2 aromatic carbocycles. The molecule has 5 nitrogen and oxygen atoms in total. The molecule has 1 amide bonds. The minimum Gasteiger partial charge on any atom is -0.496 e. The van der Waals surface area contributed by atoms with E-state index in [1.54, 1.807) is 36.6 Å². The number of fused-ring (bicyclic) bond motifs is 1. The number of amides is 1. The van der Waals surface area contributed by atoms with Crippen molar-refractivity contribution in [3.8, 4) is 5.75 Å². The maximum absolute atomic E-state index is 12.9. The molecule has 1 fully saturated rings. The Hall–Kier alpha value is -2.31. The molecule has 1 aliphatic rings. The van der Waals surface area contributed by atoms with Gasteiger partial charge in [-0.25, -0.2) is 4.98 Å². The summed E-state index contributed by atoms with van der Waals surface area (Å²) in [5.74, 6) is 0.502. The number of carbonyl (C=O) groups is 1. The fourth-order valence-electron chi connectivity index (χ4n) is 3.27. The molecule has 3 aromatic rings. The Morgan fingerprint density at radius 2 is 1.93 bits per heavy atom. The number of ether oxygens (including phenoxy) is 1. The molecule has 1 aliphatic heterocycles. The lowest BCUT2D eigenvalue weighted by Gasteiger charge is -2.34. The predicted molar refractivity (Wildman–Crippen MR) is 110 cm³/mol. The zero-order chi connectivity index (χ0) is 19.0. The second-order valence-corrected chi connectivity index (χ2v) is 8.04. The van der Waals surface area contributed by atoms with E-state index < -0.39 is 0 Å². The van der Waals surface area contributed by atoms with Gasteiger partial charge in [0.1, 0.15) is 5.75 Å². The van der Waals surface area contributed by atoms with Gasteiger partial charge in [0.2, 0.25) is 0 Å². The van der Waals surface area contributed by atoms with E-state index in [1.165, 1.54) is 10.3 Å². The van der Waals surface area contributed by atoms with Gasteiger partial charge < -0.3 is 14.5 Å². The molecule has 1 saturated heterocycles. The van der Waals surface area contributed by atoms with Crippen molar-refractivity contribution in [2.75, 3.05) is 38.2 Å². The van der Waals surface area contributed by atoms with Gasteiger partial charge in [0.05, 0.1) is 22.9 Å². The zero-order valence-corrected chi connectivity index (χ0v) is 16.8. The van der Waals surface area contributed by atoms with Crippen LogP contribution < -0.4 is 9.64 Å². The largest absolute Gasteiger partial charge is 0.496 e. The second kappa shape index (κ2) is 7.37. The lowest BCUT2D eigenvalue weighted by atomic mass is 10.1. The van der Waals surface area contributed by atoms with Gasteiger partial charge in [0, 0.05) is 31.2 Å². The number of thiazole rings is 1. The van der Waals surface area contributed by atoms with Gasteiger partial charge in [-0.1, -0.05) is 29.0 Å². The number of hydrogen-bond acceptors (Lipinski definition) is 5. The summed E-state index contributed by atoms with van der Waals surface area (Å²) in [5, 5.41) is 1.55. The molecule has 0 spiro atoms. The van der Waals surface area contributed by atoms with Crippen molar-refractivity contribution in [2.24, 2.45) is 0 Å². The normalized spacial score (nSPS) is 14.6. The van der Waals surface area contributed by atoms with Crippen molar-refractivity contribution in [3.05, 3.63) is 52.5 Å². The number of aromatic nitrogens is 1. The van der Waals surface area contributed by atoms with E-state index in [1.807, 2.05) is 4.90 Å². The third kappa shape index (κ3) is 3.59. The number of halogens is 1. The highest BCUT2D eigenvalue weighted by atomic mass is 35.5. The minimum atomic E-state index is -0.0473. The third-order valence-electron chi connectivity index (χ3n) is 4.76. The van der Waals surface area contributed by atoms with Gasteiger partial charge in [0.15, 0.2) is 5.13 Å². The van der Waals surface area contributed by atoms with Gasteiger partial charge in [-0.15, -0.1) is 0 Å². The Labute approximate surface area is 167 Å². The van der Waals surface area contributed by atoms with Crippen LogP contribution in [0.5, 0.6) is 5.75 Å². The number of benzene rings is 2. The zero-order valence-electron chi connectivity index (χ0n) is 15.2. The SMILES string of the molecule is COc1ccc(Cl)cc1C(=O)N1CCN(c2nc3ccc(C)cc3s2)CC1. The first-order valence-corrected chi connectivity index (χ1v) is 9.99. The van der Waals surface area contributed by atoms with Gasteiger partial charge in [-0.3, -0.25) is 4.79 Å². The van der Waals surface area contributed by atoms with Gasteiger partial charge in [0.25, 0.3) is 5.91 Å². The molecule has 0 aliphatic carbocycles. The number of aryl methyl sites for hydroxylation is 1. The van der Waals surface area contributed by atoms with Crippen molar-refractivity contribution in [3.63, 3.8) is 0 Å². The summed E-state index contributed by atoms with van der Waals surface area (Å²) in [5.41, 5.74) is 2.78. The van der Waals surface area contributed by atoms with Crippen molar-refractivity contribution < 1.29 is 9.53 Å². The molecular weight excluding hydrogens is 382 g/mol. The standard InChI is InChI=1S/C20H20ClN3O2S/c1-13-3-5-16-18(11-13)27-20(22-16)24-9-7-23(8-10-24)19(25)15-12-14(21)4-6-17(15)26-2/h3-6,11-12H,7-10H2,1-2H3. The van der Waals surface area contributed by atoms with Crippen LogP contribution in [-0.2, 0) is 0 Å². The lowest BCUT2D eigenvalue weighted by molar-refractivity contribution is 0.0743. The number of anilines is 1. The summed E-state index contributed by atoms with van der Waals surface area (Å²) in [6.07, 6.45) is 0. The summed E-state index contributed by atoms with van der Waals surface area (Å²) in [4.78, 5) is 21.8. The highest BCUT2D eigenvalue weighted by Crippen LogP contribution is 2.30. The van der Waals surface area contributed by atoms with E-state index in [0.29, 0.717) is 29.4 Å². The van der Waals surface area contributed by atoms with Crippen molar-refractivity contribution in [2.45, 2.75) is 6.92 Å². The van der Waals surface area contributed by atoms with Crippen LogP contribution in [0.1, 0.15) is 15.9 Å². The molecule has 0 bridgehead atoms. The molecule has 7 heteroatoms. The highest BCUT2D eigenvalue weighted by molar-refractivity contribution is 7.22.